The molecule has 0 bridgehead atoms. The second-order valence-electron chi connectivity index (χ2n) is 8.94. The first kappa shape index (κ1) is 21.6. The lowest BCUT2D eigenvalue weighted by Crippen LogP contribution is -2.50. The van der Waals surface area contributed by atoms with E-state index in [-0.39, 0.29) is 28.9 Å². The molecule has 1 spiro atoms. The Morgan fingerprint density at radius 3 is 2.21 bits per heavy atom. The summed E-state index contributed by atoms with van der Waals surface area (Å²) < 4.78 is 26.5. The summed E-state index contributed by atoms with van der Waals surface area (Å²) >= 11 is 1.46. The van der Waals surface area contributed by atoms with Crippen molar-refractivity contribution in [2.75, 3.05) is 11.4 Å². The molecule has 5 rings (SSSR count). The summed E-state index contributed by atoms with van der Waals surface area (Å²) in [6, 6.07) is 18.9. The van der Waals surface area contributed by atoms with Crippen LogP contribution in [0.2, 0.25) is 0 Å². The van der Waals surface area contributed by atoms with Gasteiger partial charge in [-0.1, -0.05) is 30.3 Å². The van der Waals surface area contributed by atoms with Crippen LogP contribution in [0.25, 0.3) is 0 Å². The van der Waals surface area contributed by atoms with E-state index in [2.05, 4.69) is 0 Å². The molecule has 2 heterocycles. The van der Waals surface area contributed by atoms with Crippen LogP contribution in [0.4, 0.5) is 14.5 Å². The molecule has 0 radical (unpaired) electrons. The van der Waals surface area contributed by atoms with E-state index in [9.17, 15) is 18.4 Å². The molecular formula is C26H22F2N2O2S. The van der Waals surface area contributed by atoms with Crippen LogP contribution < -0.4 is 4.90 Å². The summed E-state index contributed by atoms with van der Waals surface area (Å²) in [6.07, 6.45) is 0. The Hall–Kier alpha value is -3.19. The van der Waals surface area contributed by atoms with Crippen molar-refractivity contribution in [1.29, 1.82) is 0 Å². The highest BCUT2D eigenvalue weighted by molar-refractivity contribution is 8.02. The molecule has 3 aromatic rings. The summed E-state index contributed by atoms with van der Waals surface area (Å²) in [5, 5.41) is 0. The van der Waals surface area contributed by atoms with Gasteiger partial charge in [0.05, 0.1) is 12.2 Å². The molecular weight excluding hydrogens is 442 g/mol. The molecule has 0 saturated carbocycles. The number of para-hydroxylation sites is 1. The summed E-state index contributed by atoms with van der Waals surface area (Å²) in [6.45, 7) is 4.64. The Kier molecular flexibility index (Phi) is 5.05. The minimum Gasteiger partial charge on any atom is -0.310 e. The fourth-order valence-corrected chi connectivity index (χ4v) is 6.37. The van der Waals surface area contributed by atoms with E-state index >= 15 is 0 Å². The van der Waals surface area contributed by atoms with E-state index in [1.165, 1.54) is 48.2 Å². The maximum Gasteiger partial charge on any atom is 0.268 e. The van der Waals surface area contributed by atoms with Gasteiger partial charge in [0.25, 0.3) is 11.8 Å². The average Bonchev–Trinajstić information content (AvgIpc) is 3.21. The van der Waals surface area contributed by atoms with E-state index in [0.717, 1.165) is 16.8 Å². The van der Waals surface area contributed by atoms with Crippen LogP contribution in [0.15, 0.2) is 72.8 Å². The van der Waals surface area contributed by atoms with Gasteiger partial charge in [0, 0.05) is 22.4 Å². The van der Waals surface area contributed by atoms with Gasteiger partial charge in [-0.2, -0.15) is 0 Å². The van der Waals surface area contributed by atoms with Gasteiger partial charge in [-0.3, -0.25) is 9.59 Å². The number of carbonyl (C=O) groups excluding carboxylic acids is 2. The average molecular weight is 465 g/mol. The predicted octanol–water partition coefficient (Wildman–Crippen LogP) is 5.33. The number of hydrogen-bond acceptors (Lipinski definition) is 3. The number of hydrogen-bond donors (Lipinski definition) is 0. The number of thioether (sulfide) groups is 1. The van der Waals surface area contributed by atoms with Crippen LogP contribution in [0, 0.1) is 11.6 Å². The summed E-state index contributed by atoms with van der Waals surface area (Å²) in [5.41, 5.74) is 2.60. The van der Waals surface area contributed by atoms with Crippen LogP contribution in [0.3, 0.4) is 0 Å². The zero-order chi connectivity index (χ0) is 23.4. The smallest absolute Gasteiger partial charge is 0.268 e. The number of halogens is 2. The SMILES string of the molecule is CC1(C)CN(C(=O)c2ccc(F)cc2)C2(S1)C(=O)N(Cc1ccc(F)cc1)c1ccccc12. The molecule has 1 unspecified atom stereocenters. The number of amides is 2. The fourth-order valence-electron chi connectivity index (χ4n) is 4.63. The first-order valence-electron chi connectivity index (χ1n) is 10.6. The zero-order valence-electron chi connectivity index (χ0n) is 18.2. The highest BCUT2D eigenvalue weighted by Crippen LogP contribution is 2.60. The van der Waals surface area contributed by atoms with Crippen molar-refractivity contribution in [2.45, 2.75) is 30.0 Å². The van der Waals surface area contributed by atoms with Crippen LogP contribution in [0.1, 0.15) is 35.3 Å². The second-order valence-corrected chi connectivity index (χ2v) is 10.8. The molecule has 0 aromatic heterocycles. The number of nitrogens with zero attached hydrogens (tertiary/aromatic N) is 2. The van der Waals surface area contributed by atoms with Crippen LogP contribution >= 0.6 is 11.8 Å². The quantitative estimate of drug-likeness (QED) is 0.526. The van der Waals surface area contributed by atoms with Gasteiger partial charge in [0.15, 0.2) is 4.87 Å². The van der Waals surface area contributed by atoms with Crippen LogP contribution in [0.5, 0.6) is 0 Å². The third kappa shape index (κ3) is 3.51. The van der Waals surface area contributed by atoms with Crippen molar-refractivity contribution in [1.82, 2.24) is 4.90 Å². The lowest BCUT2D eigenvalue weighted by Gasteiger charge is -2.33. The van der Waals surface area contributed by atoms with Crippen molar-refractivity contribution in [3.05, 3.63) is 101 Å². The van der Waals surface area contributed by atoms with E-state index in [1.807, 2.05) is 38.1 Å². The molecule has 7 heteroatoms. The van der Waals surface area contributed by atoms with Gasteiger partial charge in [-0.15, -0.1) is 11.8 Å². The molecule has 0 aliphatic carbocycles. The monoisotopic (exact) mass is 464 g/mol. The lowest BCUT2D eigenvalue weighted by atomic mass is 10.0. The van der Waals surface area contributed by atoms with Gasteiger partial charge < -0.3 is 9.80 Å². The van der Waals surface area contributed by atoms with E-state index in [4.69, 9.17) is 0 Å². The maximum absolute atomic E-state index is 14.1. The molecule has 2 aliphatic rings. The maximum atomic E-state index is 14.1. The number of rotatable bonds is 3. The third-order valence-corrected chi connectivity index (χ3v) is 7.62. The summed E-state index contributed by atoms with van der Waals surface area (Å²) in [7, 11) is 0. The molecule has 2 aliphatic heterocycles. The molecule has 1 saturated heterocycles. The summed E-state index contributed by atoms with van der Waals surface area (Å²) in [5.74, 6) is -1.29. The normalized spacial score (nSPS) is 21.0. The van der Waals surface area contributed by atoms with Crippen LogP contribution in [-0.2, 0) is 16.2 Å². The topological polar surface area (TPSA) is 40.6 Å². The number of anilines is 1. The molecule has 1 atom stereocenters. The highest BCUT2D eigenvalue weighted by atomic mass is 32.2. The summed E-state index contributed by atoms with van der Waals surface area (Å²) in [4.78, 5) is 29.8. The molecule has 4 nitrogen and oxygen atoms in total. The van der Waals surface area contributed by atoms with Crippen LogP contribution in [-0.4, -0.2) is 28.0 Å². The second kappa shape index (κ2) is 7.70. The standard InChI is InChI=1S/C26H22F2N2O2S/c1-25(2)16-30(23(31)18-9-13-20(28)14-10-18)26(33-25)21-5-3-4-6-22(21)29(24(26)32)15-17-7-11-19(27)12-8-17/h3-14H,15-16H2,1-2H3. The molecule has 0 N–H and O–H groups in total. The fraction of sp³-hybridized carbons (Fsp3) is 0.231. The van der Waals surface area contributed by atoms with Gasteiger partial charge >= 0.3 is 0 Å². The number of carbonyl (C=O) groups is 2. The highest BCUT2D eigenvalue weighted by Gasteiger charge is 2.63. The third-order valence-electron chi connectivity index (χ3n) is 6.03. The van der Waals surface area contributed by atoms with E-state index in [0.29, 0.717) is 12.1 Å². The van der Waals surface area contributed by atoms with Gasteiger partial charge in [0.2, 0.25) is 0 Å². The van der Waals surface area contributed by atoms with Crippen molar-refractivity contribution in [3.63, 3.8) is 0 Å². The first-order chi connectivity index (χ1) is 15.7. The van der Waals surface area contributed by atoms with Crippen molar-refractivity contribution in [3.8, 4) is 0 Å². The number of fused-ring (bicyclic) bond motifs is 2. The largest absolute Gasteiger partial charge is 0.310 e. The number of benzene rings is 3. The molecule has 168 valence electrons. The predicted molar refractivity (Wildman–Crippen MR) is 125 cm³/mol. The Labute approximate surface area is 195 Å². The Balaban J connectivity index is 1.61. The minimum atomic E-state index is -1.23. The Morgan fingerprint density at radius 2 is 1.55 bits per heavy atom. The zero-order valence-corrected chi connectivity index (χ0v) is 19.0. The lowest BCUT2D eigenvalue weighted by molar-refractivity contribution is -0.123. The Morgan fingerprint density at radius 1 is 0.939 bits per heavy atom. The minimum absolute atomic E-state index is 0.209. The molecule has 2 amide bonds. The van der Waals surface area contributed by atoms with Gasteiger partial charge in [0.1, 0.15) is 11.6 Å². The van der Waals surface area contributed by atoms with E-state index < -0.39 is 10.7 Å². The first-order valence-corrected chi connectivity index (χ1v) is 11.5. The van der Waals surface area contributed by atoms with Crippen molar-refractivity contribution < 1.29 is 18.4 Å². The van der Waals surface area contributed by atoms with Gasteiger partial charge in [-0.25, -0.2) is 8.78 Å². The van der Waals surface area contributed by atoms with Crippen molar-refractivity contribution >= 4 is 29.3 Å². The van der Waals surface area contributed by atoms with E-state index in [1.54, 1.807) is 21.9 Å². The molecule has 33 heavy (non-hydrogen) atoms. The molecule has 1 fully saturated rings. The van der Waals surface area contributed by atoms with Gasteiger partial charge in [-0.05, 0) is 61.9 Å². The van der Waals surface area contributed by atoms with Crippen molar-refractivity contribution in [2.24, 2.45) is 0 Å². The Bertz CT molecular complexity index is 1240. The molecule has 3 aromatic carbocycles.